The van der Waals surface area contributed by atoms with E-state index in [9.17, 15) is 4.79 Å². The molecule has 1 saturated carbocycles. The number of hydrogen-bond donors (Lipinski definition) is 0. The van der Waals surface area contributed by atoms with Gasteiger partial charge in [0.25, 0.3) is 0 Å². The van der Waals surface area contributed by atoms with Crippen LogP contribution in [0.5, 0.6) is 0 Å². The molecule has 0 radical (unpaired) electrons. The van der Waals surface area contributed by atoms with Crippen LogP contribution >= 0.6 is 0 Å². The number of rotatable bonds is 3. The molecule has 1 aromatic rings. The maximum absolute atomic E-state index is 11.1. The summed E-state index contributed by atoms with van der Waals surface area (Å²) in [7, 11) is 0. The maximum Gasteiger partial charge on any atom is 0.155 e. The van der Waals surface area contributed by atoms with E-state index >= 15 is 0 Å². The van der Waals surface area contributed by atoms with Gasteiger partial charge in [-0.3, -0.25) is 4.79 Å². The normalized spacial score (nSPS) is 17.5. The summed E-state index contributed by atoms with van der Waals surface area (Å²) < 4.78 is 5.35. The van der Waals surface area contributed by atoms with Crippen molar-refractivity contribution in [2.24, 2.45) is 0 Å². The molecule has 82 valence electrons. The van der Waals surface area contributed by atoms with Crippen molar-refractivity contribution in [3.63, 3.8) is 0 Å². The molecule has 0 atom stereocenters. The molecular weight excluding hydrogens is 190 g/mol. The van der Waals surface area contributed by atoms with E-state index in [0.717, 1.165) is 30.6 Å². The van der Waals surface area contributed by atoms with Gasteiger partial charge in [0, 0.05) is 5.92 Å². The van der Waals surface area contributed by atoms with Crippen LogP contribution in [-0.4, -0.2) is 11.4 Å². The highest BCUT2D eigenvalue weighted by molar-refractivity contribution is 5.78. The first-order chi connectivity index (χ1) is 7.24. The van der Waals surface area contributed by atoms with Crippen molar-refractivity contribution in [3.8, 4) is 0 Å². The molecular formula is C12H17NO2. The molecule has 1 aromatic heterocycles. The van der Waals surface area contributed by atoms with E-state index < -0.39 is 0 Å². The van der Waals surface area contributed by atoms with Gasteiger partial charge in [0.2, 0.25) is 0 Å². The summed E-state index contributed by atoms with van der Waals surface area (Å²) in [4.78, 5) is 11.1. The molecule has 3 nitrogen and oxygen atoms in total. The van der Waals surface area contributed by atoms with Crippen molar-refractivity contribution in [2.75, 3.05) is 0 Å². The Morgan fingerprint density at radius 2 is 2.07 bits per heavy atom. The number of nitrogens with zero attached hydrogens (tertiary/aromatic N) is 1. The van der Waals surface area contributed by atoms with Crippen LogP contribution < -0.4 is 0 Å². The van der Waals surface area contributed by atoms with Crippen LogP contribution in [0.1, 0.15) is 73.2 Å². The fourth-order valence-corrected chi connectivity index (χ4v) is 2.34. The van der Waals surface area contributed by atoms with E-state index in [1.807, 2.05) is 13.8 Å². The molecule has 1 aliphatic rings. The Labute approximate surface area is 89.8 Å². The van der Waals surface area contributed by atoms with Crippen LogP contribution in [0.2, 0.25) is 0 Å². The lowest BCUT2D eigenvalue weighted by Gasteiger charge is -2.04. The molecule has 0 aromatic carbocycles. The van der Waals surface area contributed by atoms with E-state index in [0.29, 0.717) is 11.5 Å². The second kappa shape index (κ2) is 4.17. The van der Waals surface area contributed by atoms with Crippen molar-refractivity contribution in [1.82, 2.24) is 5.16 Å². The molecule has 0 spiro atoms. The average Bonchev–Trinajstić information content (AvgIpc) is 2.85. The lowest BCUT2D eigenvalue weighted by atomic mass is 9.97. The monoisotopic (exact) mass is 207 g/mol. The van der Waals surface area contributed by atoms with Gasteiger partial charge in [0.1, 0.15) is 0 Å². The van der Waals surface area contributed by atoms with Crippen molar-refractivity contribution >= 4 is 6.29 Å². The molecule has 1 aliphatic carbocycles. The number of hydrogen-bond acceptors (Lipinski definition) is 3. The first-order valence-corrected chi connectivity index (χ1v) is 5.68. The summed E-state index contributed by atoms with van der Waals surface area (Å²) in [6.07, 6.45) is 5.64. The number of aldehydes is 1. The number of carbonyl (C=O) groups is 1. The lowest BCUT2D eigenvalue weighted by molar-refractivity contribution is 0.112. The predicted molar refractivity (Wildman–Crippen MR) is 57.2 cm³/mol. The Morgan fingerprint density at radius 1 is 1.40 bits per heavy atom. The zero-order chi connectivity index (χ0) is 10.8. The second-order valence-corrected chi connectivity index (χ2v) is 4.60. The second-order valence-electron chi connectivity index (χ2n) is 4.60. The van der Waals surface area contributed by atoms with Crippen molar-refractivity contribution in [1.29, 1.82) is 0 Å². The first-order valence-electron chi connectivity index (χ1n) is 5.68. The average molecular weight is 207 g/mol. The smallest absolute Gasteiger partial charge is 0.155 e. The zero-order valence-corrected chi connectivity index (χ0v) is 9.32. The fraction of sp³-hybridized carbons (Fsp3) is 0.667. The summed E-state index contributed by atoms with van der Waals surface area (Å²) in [6.45, 7) is 4.06. The SMILES string of the molecule is CC(C)c1noc(C2CCCC2)c1C=O. The first kappa shape index (κ1) is 10.4. The molecule has 0 amide bonds. The van der Waals surface area contributed by atoms with Crippen molar-refractivity contribution < 1.29 is 9.32 Å². The maximum atomic E-state index is 11.1. The molecule has 15 heavy (non-hydrogen) atoms. The van der Waals surface area contributed by atoms with Crippen LogP contribution in [0.3, 0.4) is 0 Å². The molecule has 1 heterocycles. The Morgan fingerprint density at radius 3 is 2.60 bits per heavy atom. The van der Waals surface area contributed by atoms with Gasteiger partial charge in [-0.05, 0) is 18.8 Å². The third-order valence-corrected chi connectivity index (χ3v) is 3.17. The van der Waals surface area contributed by atoms with Crippen LogP contribution in [0.25, 0.3) is 0 Å². The highest BCUT2D eigenvalue weighted by Crippen LogP contribution is 2.37. The van der Waals surface area contributed by atoms with E-state index in [2.05, 4.69) is 5.16 Å². The van der Waals surface area contributed by atoms with Gasteiger partial charge in [0.15, 0.2) is 12.0 Å². The number of carbonyl (C=O) groups excluding carboxylic acids is 1. The van der Waals surface area contributed by atoms with Crippen LogP contribution in [0.4, 0.5) is 0 Å². The Kier molecular flexibility index (Phi) is 2.89. The Bertz CT molecular complexity index is 349. The van der Waals surface area contributed by atoms with Crippen LogP contribution in [0.15, 0.2) is 4.52 Å². The third kappa shape index (κ3) is 1.83. The molecule has 0 N–H and O–H groups in total. The summed E-state index contributed by atoms with van der Waals surface area (Å²) in [6, 6.07) is 0. The summed E-state index contributed by atoms with van der Waals surface area (Å²) >= 11 is 0. The van der Waals surface area contributed by atoms with Gasteiger partial charge in [-0.1, -0.05) is 31.8 Å². The van der Waals surface area contributed by atoms with Crippen LogP contribution in [-0.2, 0) is 0 Å². The van der Waals surface area contributed by atoms with Crippen LogP contribution in [0, 0.1) is 0 Å². The highest BCUT2D eigenvalue weighted by Gasteiger charge is 2.27. The van der Waals surface area contributed by atoms with E-state index in [4.69, 9.17) is 4.52 Å². The minimum absolute atomic E-state index is 0.254. The molecule has 0 saturated heterocycles. The molecule has 0 bridgehead atoms. The molecule has 2 rings (SSSR count). The lowest BCUT2D eigenvalue weighted by Crippen LogP contribution is -1.98. The topological polar surface area (TPSA) is 43.1 Å². The van der Waals surface area contributed by atoms with Gasteiger partial charge in [-0.2, -0.15) is 0 Å². The third-order valence-electron chi connectivity index (χ3n) is 3.17. The summed E-state index contributed by atoms with van der Waals surface area (Å²) in [5.74, 6) is 1.50. The van der Waals surface area contributed by atoms with Gasteiger partial charge < -0.3 is 4.52 Å². The van der Waals surface area contributed by atoms with E-state index in [-0.39, 0.29) is 5.92 Å². The number of aromatic nitrogens is 1. The van der Waals surface area contributed by atoms with Gasteiger partial charge in [-0.15, -0.1) is 0 Å². The Hall–Kier alpha value is -1.12. The fourth-order valence-electron chi connectivity index (χ4n) is 2.34. The molecule has 1 fully saturated rings. The Balaban J connectivity index is 2.34. The molecule has 0 aliphatic heterocycles. The van der Waals surface area contributed by atoms with E-state index in [1.54, 1.807) is 0 Å². The highest BCUT2D eigenvalue weighted by atomic mass is 16.5. The zero-order valence-electron chi connectivity index (χ0n) is 9.32. The quantitative estimate of drug-likeness (QED) is 0.714. The van der Waals surface area contributed by atoms with Gasteiger partial charge in [0.05, 0.1) is 11.3 Å². The molecule has 3 heteroatoms. The standard InChI is InChI=1S/C12H17NO2/c1-8(2)11-10(7-14)12(15-13-11)9-5-3-4-6-9/h7-9H,3-6H2,1-2H3. The molecule has 0 unspecified atom stereocenters. The van der Waals surface area contributed by atoms with Crippen molar-refractivity contribution in [2.45, 2.75) is 51.4 Å². The van der Waals surface area contributed by atoms with Gasteiger partial charge in [-0.25, -0.2) is 0 Å². The largest absolute Gasteiger partial charge is 0.360 e. The minimum Gasteiger partial charge on any atom is -0.360 e. The summed E-state index contributed by atoms with van der Waals surface area (Å²) in [5, 5.41) is 4.02. The van der Waals surface area contributed by atoms with E-state index in [1.165, 1.54) is 12.8 Å². The predicted octanol–water partition coefficient (Wildman–Crippen LogP) is 3.27. The summed E-state index contributed by atoms with van der Waals surface area (Å²) in [5.41, 5.74) is 1.52. The minimum atomic E-state index is 0.254. The van der Waals surface area contributed by atoms with Crippen molar-refractivity contribution in [3.05, 3.63) is 17.0 Å². The van der Waals surface area contributed by atoms with Gasteiger partial charge >= 0.3 is 0 Å².